The maximum atomic E-state index is 6.69. The van der Waals surface area contributed by atoms with Gasteiger partial charge in [0, 0.05) is 24.0 Å². The first-order valence-corrected chi connectivity index (χ1v) is 11.9. The molecule has 1 fully saturated rings. The molecule has 31 heavy (non-hydrogen) atoms. The molecule has 0 bridgehead atoms. The van der Waals surface area contributed by atoms with E-state index in [9.17, 15) is 0 Å². The Morgan fingerprint density at radius 1 is 1.06 bits per heavy atom. The molecule has 1 aliphatic carbocycles. The van der Waals surface area contributed by atoms with Gasteiger partial charge < -0.3 is 16.4 Å². The monoisotopic (exact) mass is 471 g/mol. The molecular weight excluding hydrogens is 449 g/mol. The molecule has 0 unspecified atom stereocenters. The molecule has 0 radical (unpaired) electrons. The van der Waals surface area contributed by atoms with Gasteiger partial charge in [-0.05, 0) is 47.9 Å². The largest absolute Gasteiger partial charge is 0.381 e. The van der Waals surface area contributed by atoms with E-state index in [1.807, 2.05) is 12.1 Å². The van der Waals surface area contributed by atoms with E-state index >= 15 is 0 Å². The normalized spacial score (nSPS) is 19.6. The molecular formula is C23H23Cl2N5S. The Hall–Kier alpha value is -1.99. The van der Waals surface area contributed by atoms with Crippen LogP contribution in [0, 0.1) is 5.41 Å². The number of nitrogens with zero attached hydrogens (tertiary/aromatic N) is 3. The van der Waals surface area contributed by atoms with Crippen molar-refractivity contribution in [2.45, 2.75) is 35.2 Å². The second-order valence-corrected chi connectivity index (χ2v) is 10.1. The predicted molar refractivity (Wildman–Crippen MR) is 128 cm³/mol. The summed E-state index contributed by atoms with van der Waals surface area (Å²) in [6.45, 7) is 1.78. The number of aromatic nitrogens is 2. The van der Waals surface area contributed by atoms with E-state index in [0.29, 0.717) is 20.9 Å². The fourth-order valence-electron chi connectivity index (χ4n) is 4.77. The smallest absolute Gasteiger partial charge is 0.158 e. The molecule has 4 N–H and O–H groups in total. The number of anilines is 2. The van der Waals surface area contributed by atoms with Crippen LogP contribution in [-0.2, 0) is 6.42 Å². The van der Waals surface area contributed by atoms with E-state index in [1.54, 1.807) is 12.3 Å². The Balaban J connectivity index is 1.29. The van der Waals surface area contributed by atoms with Gasteiger partial charge in [0.25, 0.3) is 0 Å². The second kappa shape index (κ2) is 8.17. The first-order chi connectivity index (χ1) is 15.0. The van der Waals surface area contributed by atoms with Crippen molar-refractivity contribution in [2.75, 3.05) is 23.7 Å². The number of nitrogens with two attached hydrogens (primary N) is 2. The topological polar surface area (TPSA) is 81.1 Å². The van der Waals surface area contributed by atoms with Gasteiger partial charge in [0.15, 0.2) is 5.82 Å². The first kappa shape index (κ1) is 20.9. The van der Waals surface area contributed by atoms with E-state index < -0.39 is 0 Å². The van der Waals surface area contributed by atoms with Gasteiger partial charge in [-0.2, -0.15) is 0 Å². The summed E-state index contributed by atoms with van der Waals surface area (Å²) >= 11 is 13.8. The summed E-state index contributed by atoms with van der Waals surface area (Å²) in [6.07, 6.45) is 4.90. The standard InChI is InChI=1S/C23H23Cl2N5S/c24-16-6-3-7-17(19(16)25)31-22-21(27)29-18(13-28-22)30-10-8-23(9-11-30)12-14-4-1-2-5-15(14)20(23)26/h1-7,13,20H,8-12,26H2,(H2,27,29)/t20-/m1/s1. The first-order valence-electron chi connectivity index (χ1n) is 10.3. The average Bonchev–Trinajstić information content (AvgIpc) is 3.05. The quantitative estimate of drug-likeness (QED) is 0.534. The Bertz CT molecular complexity index is 1130. The van der Waals surface area contributed by atoms with E-state index in [2.05, 4.69) is 39.1 Å². The number of piperidine rings is 1. The molecule has 8 heteroatoms. The lowest BCUT2D eigenvalue weighted by Gasteiger charge is -2.42. The zero-order valence-corrected chi connectivity index (χ0v) is 19.2. The zero-order chi connectivity index (χ0) is 21.6. The Labute approximate surface area is 196 Å². The summed E-state index contributed by atoms with van der Waals surface area (Å²) in [5.74, 6) is 1.20. The summed E-state index contributed by atoms with van der Waals surface area (Å²) in [4.78, 5) is 12.3. The molecule has 0 amide bonds. The second-order valence-electron chi connectivity index (χ2n) is 8.28. The minimum atomic E-state index is 0.100. The molecule has 2 aromatic carbocycles. The van der Waals surface area contributed by atoms with Crippen LogP contribution in [0.25, 0.3) is 0 Å². The average molecular weight is 472 g/mol. The van der Waals surface area contributed by atoms with Crippen molar-refractivity contribution in [1.29, 1.82) is 0 Å². The number of benzene rings is 2. The molecule has 1 aromatic heterocycles. The summed E-state index contributed by atoms with van der Waals surface area (Å²) in [7, 11) is 0. The molecule has 0 saturated carbocycles. The van der Waals surface area contributed by atoms with Crippen molar-refractivity contribution in [1.82, 2.24) is 9.97 Å². The van der Waals surface area contributed by atoms with Gasteiger partial charge in [-0.25, -0.2) is 9.97 Å². The lowest BCUT2D eigenvalue weighted by atomic mass is 9.73. The van der Waals surface area contributed by atoms with Crippen LogP contribution in [-0.4, -0.2) is 23.1 Å². The highest BCUT2D eigenvalue weighted by atomic mass is 35.5. The number of hydrogen-bond donors (Lipinski definition) is 2. The van der Waals surface area contributed by atoms with E-state index in [-0.39, 0.29) is 11.5 Å². The Morgan fingerprint density at radius 2 is 1.84 bits per heavy atom. The van der Waals surface area contributed by atoms with Crippen LogP contribution in [0.4, 0.5) is 11.6 Å². The predicted octanol–water partition coefficient (Wildman–Crippen LogP) is 5.36. The number of rotatable bonds is 3. The lowest BCUT2D eigenvalue weighted by Crippen LogP contribution is -2.44. The molecule has 2 aliphatic rings. The van der Waals surface area contributed by atoms with Crippen LogP contribution >= 0.6 is 35.0 Å². The molecule has 1 aliphatic heterocycles. The van der Waals surface area contributed by atoms with Gasteiger partial charge in [-0.15, -0.1) is 0 Å². The molecule has 160 valence electrons. The van der Waals surface area contributed by atoms with Crippen LogP contribution in [0.5, 0.6) is 0 Å². The third-order valence-corrected chi connectivity index (χ3v) is 8.55. The minimum Gasteiger partial charge on any atom is -0.381 e. The number of nitrogen functional groups attached to an aromatic ring is 1. The molecule has 1 spiro atoms. The summed E-state index contributed by atoms with van der Waals surface area (Å²) in [5, 5.41) is 1.62. The van der Waals surface area contributed by atoms with Crippen LogP contribution in [0.15, 0.2) is 58.6 Å². The van der Waals surface area contributed by atoms with Gasteiger partial charge in [-0.3, -0.25) is 0 Å². The van der Waals surface area contributed by atoms with Crippen LogP contribution in [0.2, 0.25) is 10.0 Å². The summed E-state index contributed by atoms with van der Waals surface area (Å²) < 4.78 is 0. The van der Waals surface area contributed by atoms with Crippen molar-refractivity contribution in [2.24, 2.45) is 11.1 Å². The van der Waals surface area contributed by atoms with Crippen molar-refractivity contribution >= 4 is 46.6 Å². The van der Waals surface area contributed by atoms with Gasteiger partial charge in [-0.1, -0.05) is 65.3 Å². The van der Waals surface area contributed by atoms with Gasteiger partial charge in [0.2, 0.25) is 0 Å². The number of halogens is 2. The third-order valence-electron chi connectivity index (χ3n) is 6.55. The van der Waals surface area contributed by atoms with E-state index in [1.165, 1.54) is 22.9 Å². The fraction of sp³-hybridized carbons (Fsp3) is 0.304. The van der Waals surface area contributed by atoms with Crippen LogP contribution in [0.1, 0.15) is 30.0 Å². The summed E-state index contributed by atoms with van der Waals surface area (Å²) in [5.41, 5.74) is 15.8. The molecule has 5 rings (SSSR count). The number of hydrogen-bond acceptors (Lipinski definition) is 6. The third kappa shape index (κ3) is 3.76. The summed E-state index contributed by atoms with van der Waals surface area (Å²) in [6, 6.07) is 14.2. The van der Waals surface area contributed by atoms with Crippen molar-refractivity contribution in [3.63, 3.8) is 0 Å². The fourth-order valence-corrected chi connectivity index (χ4v) is 6.05. The molecule has 1 atom stereocenters. The van der Waals surface area contributed by atoms with Gasteiger partial charge in [0.05, 0.1) is 16.2 Å². The van der Waals surface area contributed by atoms with Crippen LogP contribution < -0.4 is 16.4 Å². The van der Waals surface area contributed by atoms with Crippen molar-refractivity contribution in [3.8, 4) is 0 Å². The maximum absolute atomic E-state index is 6.69. The van der Waals surface area contributed by atoms with Gasteiger partial charge in [0.1, 0.15) is 10.8 Å². The Morgan fingerprint density at radius 3 is 2.58 bits per heavy atom. The number of fused-ring (bicyclic) bond motifs is 1. The van der Waals surface area contributed by atoms with E-state index in [4.69, 9.17) is 34.7 Å². The van der Waals surface area contributed by atoms with Crippen LogP contribution in [0.3, 0.4) is 0 Å². The Kier molecular flexibility index (Phi) is 5.51. The molecule has 5 nitrogen and oxygen atoms in total. The van der Waals surface area contributed by atoms with Crippen molar-refractivity contribution in [3.05, 3.63) is 69.8 Å². The van der Waals surface area contributed by atoms with Crippen molar-refractivity contribution < 1.29 is 0 Å². The zero-order valence-electron chi connectivity index (χ0n) is 16.9. The lowest BCUT2D eigenvalue weighted by molar-refractivity contribution is 0.187. The highest BCUT2D eigenvalue weighted by Gasteiger charge is 2.45. The molecule has 1 saturated heterocycles. The maximum Gasteiger partial charge on any atom is 0.158 e. The van der Waals surface area contributed by atoms with Gasteiger partial charge >= 0.3 is 0 Å². The minimum absolute atomic E-state index is 0.100. The highest BCUT2D eigenvalue weighted by Crippen LogP contribution is 2.51. The molecule has 3 aromatic rings. The van der Waals surface area contributed by atoms with E-state index in [0.717, 1.165) is 43.1 Å². The highest BCUT2D eigenvalue weighted by molar-refractivity contribution is 7.99. The SMILES string of the molecule is Nc1nc(N2CCC3(CC2)Cc2ccccc2[C@H]3N)cnc1Sc1cccc(Cl)c1Cl. The molecule has 2 heterocycles.